The zero-order chi connectivity index (χ0) is 9.68. The number of hydrogen-bond acceptors (Lipinski definition) is 2. The lowest BCUT2D eigenvalue weighted by Crippen LogP contribution is -2.11. The highest BCUT2D eigenvalue weighted by Gasteiger charge is 2.01. The van der Waals surface area contributed by atoms with Crippen molar-refractivity contribution in [2.75, 3.05) is 20.7 Å². The highest BCUT2D eigenvalue weighted by atomic mass is 16.5. The van der Waals surface area contributed by atoms with Crippen LogP contribution in [0.5, 0.6) is 5.75 Å². The molecule has 0 heterocycles. The first-order valence-corrected chi connectivity index (χ1v) is 4.56. The molecule has 0 unspecified atom stereocenters. The van der Waals surface area contributed by atoms with Gasteiger partial charge < -0.3 is 10.1 Å². The summed E-state index contributed by atoms with van der Waals surface area (Å²) >= 11 is 0. The first-order valence-electron chi connectivity index (χ1n) is 4.56. The minimum Gasteiger partial charge on any atom is -0.496 e. The first-order chi connectivity index (χ1) is 6.27. The summed E-state index contributed by atoms with van der Waals surface area (Å²) in [5.41, 5.74) is 2.56. The molecule has 0 bridgehead atoms. The van der Waals surface area contributed by atoms with Crippen molar-refractivity contribution < 1.29 is 4.74 Å². The number of ether oxygens (including phenoxy) is 1. The fraction of sp³-hybridized carbons (Fsp3) is 0.455. The van der Waals surface area contributed by atoms with E-state index in [1.807, 2.05) is 13.1 Å². The molecule has 1 aromatic rings. The van der Waals surface area contributed by atoms with Crippen molar-refractivity contribution in [3.63, 3.8) is 0 Å². The molecular weight excluding hydrogens is 162 g/mol. The van der Waals surface area contributed by atoms with Crippen LogP contribution in [0.25, 0.3) is 0 Å². The van der Waals surface area contributed by atoms with E-state index in [1.165, 1.54) is 11.1 Å². The molecule has 2 heteroatoms. The van der Waals surface area contributed by atoms with Crippen LogP contribution in [0.2, 0.25) is 0 Å². The average Bonchev–Trinajstić information content (AvgIpc) is 2.15. The number of aryl methyl sites for hydroxylation is 1. The van der Waals surface area contributed by atoms with Crippen LogP contribution in [0.3, 0.4) is 0 Å². The van der Waals surface area contributed by atoms with Gasteiger partial charge in [-0.1, -0.05) is 17.7 Å². The van der Waals surface area contributed by atoms with Crippen LogP contribution in [0.1, 0.15) is 11.1 Å². The highest BCUT2D eigenvalue weighted by molar-refractivity contribution is 5.36. The Kier molecular flexibility index (Phi) is 3.77. The predicted octanol–water partition coefficient (Wildman–Crippen LogP) is 1.77. The Morgan fingerprint density at radius 3 is 2.77 bits per heavy atom. The average molecular weight is 179 g/mol. The molecule has 2 nitrogen and oxygen atoms in total. The summed E-state index contributed by atoms with van der Waals surface area (Å²) in [6, 6.07) is 6.28. The zero-order valence-corrected chi connectivity index (χ0v) is 8.55. The van der Waals surface area contributed by atoms with E-state index in [0.717, 1.165) is 18.7 Å². The fourth-order valence-electron chi connectivity index (χ4n) is 1.36. The van der Waals surface area contributed by atoms with Gasteiger partial charge in [0, 0.05) is 0 Å². The maximum absolute atomic E-state index is 5.27. The van der Waals surface area contributed by atoms with E-state index < -0.39 is 0 Å². The van der Waals surface area contributed by atoms with Crippen molar-refractivity contribution in [3.8, 4) is 5.75 Å². The zero-order valence-electron chi connectivity index (χ0n) is 8.55. The molecule has 0 aliphatic rings. The lowest BCUT2D eigenvalue weighted by molar-refractivity contribution is 0.409. The summed E-state index contributed by atoms with van der Waals surface area (Å²) in [4.78, 5) is 0. The van der Waals surface area contributed by atoms with Crippen molar-refractivity contribution in [2.45, 2.75) is 13.3 Å². The molecule has 0 atom stereocenters. The molecule has 72 valence electrons. The molecule has 0 saturated carbocycles. The van der Waals surface area contributed by atoms with Crippen molar-refractivity contribution in [2.24, 2.45) is 0 Å². The third-order valence-electron chi connectivity index (χ3n) is 2.08. The van der Waals surface area contributed by atoms with Crippen molar-refractivity contribution >= 4 is 0 Å². The number of rotatable bonds is 4. The monoisotopic (exact) mass is 179 g/mol. The van der Waals surface area contributed by atoms with Crippen molar-refractivity contribution in [1.29, 1.82) is 0 Å². The van der Waals surface area contributed by atoms with Crippen molar-refractivity contribution in [3.05, 3.63) is 29.3 Å². The van der Waals surface area contributed by atoms with Crippen LogP contribution in [0.4, 0.5) is 0 Å². The van der Waals surface area contributed by atoms with Gasteiger partial charge in [-0.05, 0) is 38.6 Å². The molecule has 0 saturated heterocycles. The minimum atomic E-state index is 0.986. The minimum absolute atomic E-state index is 0.986. The second-order valence-electron chi connectivity index (χ2n) is 3.17. The Labute approximate surface area is 79.9 Å². The molecule has 0 spiro atoms. The van der Waals surface area contributed by atoms with Gasteiger partial charge in [-0.15, -0.1) is 0 Å². The van der Waals surface area contributed by atoms with Gasteiger partial charge in [0.15, 0.2) is 0 Å². The van der Waals surface area contributed by atoms with Crippen LogP contribution in [-0.2, 0) is 6.42 Å². The maximum Gasteiger partial charge on any atom is 0.122 e. The summed E-state index contributed by atoms with van der Waals surface area (Å²) < 4.78 is 5.27. The molecule has 0 fully saturated rings. The molecule has 13 heavy (non-hydrogen) atoms. The van der Waals surface area contributed by atoms with Crippen LogP contribution in [-0.4, -0.2) is 20.7 Å². The normalized spacial score (nSPS) is 10.1. The van der Waals surface area contributed by atoms with Gasteiger partial charge in [0.05, 0.1) is 7.11 Å². The molecule has 1 aromatic carbocycles. The van der Waals surface area contributed by atoms with E-state index in [-0.39, 0.29) is 0 Å². The lowest BCUT2D eigenvalue weighted by Gasteiger charge is -2.08. The van der Waals surface area contributed by atoms with Gasteiger partial charge in [0.1, 0.15) is 5.75 Å². The van der Waals surface area contributed by atoms with E-state index >= 15 is 0 Å². The van der Waals surface area contributed by atoms with E-state index in [1.54, 1.807) is 7.11 Å². The van der Waals surface area contributed by atoms with Gasteiger partial charge in [-0.2, -0.15) is 0 Å². The number of methoxy groups -OCH3 is 1. The molecule has 1 rings (SSSR count). The molecule has 0 aliphatic carbocycles. The Hall–Kier alpha value is -1.02. The highest BCUT2D eigenvalue weighted by Crippen LogP contribution is 2.19. The second kappa shape index (κ2) is 4.87. The van der Waals surface area contributed by atoms with Crippen LogP contribution in [0.15, 0.2) is 18.2 Å². The number of benzene rings is 1. The SMILES string of the molecule is CNCCc1cc(C)ccc1OC. The van der Waals surface area contributed by atoms with Gasteiger partial charge in [0.25, 0.3) is 0 Å². The molecule has 0 amide bonds. The van der Waals surface area contributed by atoms with Crippen molar-refractivity contribution in [1.82, 2.24) is 5.32 Å². The van der Waals surface area contributed by atoms with E-state index in [4.69, 9.17) is 4.74 Å². The molecular formula is C11H17NO. The standard InChI is InChI=1S/C11H17NO/c1-9-4-5-11(13-3)10(8-9)6-7-12-2/h4-5,8,12H,6-7H2,1-3H3. The van der Waals surface area contributed by atoms with E-state index in [9.17, 15) is 0 Å². The maximum atomic E-state index is 5.27. The summed E-state index contributed by atoms with van der Waals surface area (Å²) in [5.74, 6) is 0.987. The van der Waals surface area contributed by atoms with Crippen LogP contribution in [0, 0.1) is 6.92 Å². The Balaban J connectivity index is 2.81. The molecule has 0 radical (unpaired) electrons. The summed E-state index contributed by atoms with van der Waals surface area (Å²) in [5, 5.41) is 3.13. The quantitative estimate of drug-likeness (QED) is 0.760. The second-order valence-corrected chi connectivity index (χ2v) is 3.17. The molecule has 0 aromatic heterocycles. The summed E-state index contributed by atoms with van der Waals surface area (Å²) in [7, 11) is 3.68. The number of hydrogen-bond donors (Lipinski definition) is 1. The number of nitrogens with one attached hydrogen (secondary N) is 1. The van der Waals surface area contributed by atoms with E-state index in [0.29, 0.717) is 0 Å². The largest absolute Gasteiger partial charge is 0.496 e. The summed E-state index contributed by atoms with van der Waals surface area (Å²) in [6.07, 6.45) is 1.02. The summed E-state index contributed by atoms with van der Waals surface area (Å²) in [6.45, 7) is 3.09. The van der Waals surface area contributed by atoms with Gasteiger partial charge in [0.2, 0.25) is 0 Å². The topological polar surface area (TPSA) is 21.3 Å². The smallest absolute Gasteiger partial charge is 0.122 e. The Morgan fingerprint density at radius 2 is 2.15 bits per heavy atom. The third-order valence-corrected chi connectivity index (χ3v) is 2.08. The van der Waals surface area contributed by atoms with Gasteiger partial charge >= 0.3 is 0 Å². The predicted molar refractivity (Wildman–Crippen MR) is 55.4 cm³/mol. The van der Waals surface area contributed by atoms with Crippen LogP contribution < -0.4 is 10.1 Å². The number of likely N-dealkylation sites (N-methyl/N-ethyl adjacent to an activating group) is 1. The molecule has 1 N–H and O–H groups in total. The van der Waals surface area contributed by atoms with Crippen LogP contribution >= 0.6 is 0 Å². The van der Waals surface area contributed by atoms with Gasteiger partial charge in [-0.25, -0.2) is 0 Å². The Bertz CT molecular complexity index is 271. The van der Waals surface area contributed by atoms with Gasteiger partial charge in [-0.3, -0.25) is 0 Å². The molecule has 0 aliphatic heterocycles. The fourth-order valence-corrected chi connectivity index (χ4v) is 1.36. The Morgan fingerprint density at radius 1 is 1.38 bits per heavy atom. The lowest BCUT2D eigenvalue weighted by atomic mass is 10.1. The first kappa shape index (κ1) is 10.1. The van der Waals surface area contributed by atoms with E-state index in [2.05, 4.69) is 24.4 Å². The third kappa shape index (κ3) is 2.74.